The zero-order valence-electron chi connectivity index (χ0n) is 14.7. The van der Waals surface area contributed by atoms with Crippen molar-refractivity contribution in [3.05, 3.63) is 45.1 Å². The smallest absolute Gasteiger partial charge is 0.340 e. The number of hydrogen-bond donors (Lipinski definition) is 1. The van der Waals surface area contributed by atoms with E-state index in [9.17, 15) is 28.5 Å². The molecule has 0 aliphatic carbocycles. The number of anilines is 2. The van der Waals surface area contributed by atoms with Gasteiger partial charge in [-0.05, 0) is 6.07 Å². The summed E-state index contributed by atoms with van der Waals surface area (Å²) >= 11 is 2.52. The lowest BCUT2D eigenvalue weighted by Crippen LogP contribution is -2.38. The van der Waals surface area contributed by atoms with Gasteiger partial charge in [0.05, 0.1) is 41.7 Å². The van der Waals surface area contributed by atoms with Crippen LogP contribution in [0.15, 0.2) is 24.3 Å². The van der Waals surface area contributed by atoms with Gasteiger partial charge in [-0.3, -0.25) is 19.6 Å². The number of methoxy groups -OCH3 is 2. The van der Waals surface area contributed by atoms with Crippen molar-refractivity contribution in [2.24, 2.45) is 0 Å². The number of nitrogens with zero attached hydrogens (tertiary/aromatic N) is 4. The van der Waals surface area contributed by atoms with Crippen molar-refractivity contribution in [2.45, 2.75) is 0 Å². The molecule has 0 saturated heterocycles. The maximum Gasteiger partial charge on any atom is 0.340 e. The number of nitro benzene ring substituents is 1. The number of rotatable bonds is 6. The van der Waals surface area contributed by atoms with Gasteiger partial charge in [0.1, 0.15) is 5.15 Å². The second-order valence-electron chi connectivity index (χ2n) is 4.95. The van der Waals surface area contributed by atoms with Crippen LogP contribution in [0.25, 0.3) is 0 Å². The monoisotopic (exact) mass is 444 g/mol. The van der Waals surface area contributed by atoms with Gasteiger partial charge in [0.15, 0.2) is 0 Å². The van der Waals surface area contributed by atoms with Gasteiger partial charge >= 0.3 is 12.0 Å². The van der Waals surface area contributed by atoms with E-state index in [1.807, 2.05) is 0 Å². The number of nitrogens with one attached hydrogen (secondary N) is 1. The predicted molar refractivity (Wildman–Crippen MR) is 98.4 cm³/mol. The van der Waals surface area contributed by atoms with E-state index in [-0.39, 0.29) is 15.3 Å². The molecule has 2 rings (SSSR count). The fourth-order valence-corrected chi connectivity index (χ4v) is 2.72. The molecule has 1 atom stereocenters. The number of non-ortho nitro benzene ring substituents is 1. The first-order valence-corrected chi connectivity index (χ1v) is 8.74. The summed E-state index contributed by atoms with van der Waals surface area (Å²) in [5.41, 5.74) is -1.55. The molecular formula is C14H11ClN5O8S-. The highest BCUT2D eigenvalue weighted by Gasteiger charge is 2.26. The van der Waals surface area contributed by atoms with Crippen LogP contribution in [0.3, 0.4) is 0 Å². The van der Waals surface area contributed by atoms with Crippen LogP contribution in [0, 0.1) is 10.1 Å². The lowest BCUT2D eigenvalue weighted by atomic mass is 10.1. The van der Waals surface area contributed by atoms with E-state index >= 15 is 0 Å². The van der Waals surface area contributed by atoms with Gasteiger partial charge in [-0.25, -0.2) is 18.9 Å². The van der Waals surface area contributed by atoms with Crippen LogP contribution >= 0.6 is 11.6 Å². The number of esters is 1. The molecule has 0 bridgehead atoms. The second-order valence-corrected chi connectivity index (χ2v) is 6.14. The molecule has 0 aliphatic heterocycles. The van der Waals surface area contributed by atoms with Crippen molar-refractivity contribution in [2.75, 3.05) is 23.8 Å². The van der Waals surface area contributed by atoms with Crippen molar-refractivity contribution >= 4 is 52.2 Å². The first-order chi connectivity index (χ1) is 13.7. The van der Waals surface area contributed by atoms with Gasteiger partial charge in [-0.1, -0.05) is 11.6 Å². The van der Waals surface area contributed by atoms with Crippen molar-refractivity contribution in [1.82, 2.24) is 9.97 Å². The van der Waals surface area contributed by atoms with Crippen LogP contribution in [-0.4, -0.2) is 49.9 Å². The Bertz CT molecular complexity index is 1000. The van der Waals surface area contributed by atoms with E-state index in [0.29, 0.717) is 0 Å². The number of aromatic nitrogens is 2. The third-order valence-electron chi connectivity index (χ3n) is 3.25. The summed E-state index contributed by atoms with van der Waals surface area (Å²) in [5.74, 6) is -1.51. The van der Waals surface area contributed by atoms with Gasteiger partial charge in [-0.15, -0.1) is 0 Å². The summed E-state index contributed by atoms with van der Waals surface area (Å²) in [5, 5.41) is 12.9. The lowest BCUT2D eigenvalue weighted by Gasteiger charge is -2.25. The van der Waals surface area contributed by atoms with E-state index in [4.69, 9.17) is 16.3 Å². The SMILES string of the molecule is COC(=O)c1cc([N+](=O)[O-])ccc1N(C(=O)Nc1nc(Cl)cc(OC)n1)S(=O)[O-]. The minimum Gasteiger partial charge on any atom is -0.755 e. The van der Waals surface area contributed by atoms with Crippen molar-refractivity contribution < 1.29 is 32.7 Å². The van der Waals surface area contributed by atoms with Gasteiger partial charge in [0.25, 0.3) is 5.69 Å². The number of halogens is 1. The molecule has 0 saturated carbocycles. The number of carbonyl (C=O) groups is 2. The predicted octanol–water partition coefficient (Wildman–Crippen LogP) is 1.67. The normalized spacial score (nSPS) is 11.3. The summed E-state index contributed by atoms with van der Waals surface area (Å²) in [6.45, 7) is 0. The van der Waals surface area contributed by atoms with Crippen LogP contribution in [0.2, 0.25) is 5.15 Å². The minimum atomic E-state index is -3.24. The van der Waals surface area contributed by atoms with Crippen molar-refractivity contribution in [1.29, 1.82) is 0 Å². The number of amides is 2. The molecule has 1 aromatic heterocycles. The van der Waals surface area contributed by atoms with Gasteiger partial charge < -0.3 is 14.0 Å². The highest BCUT2D eigenvalue weighted by atomic mass is 35.5. The quantitative estimate of drug-likeness (QED) is 0.226. The average Bonchev–Trinajstić information content (AvgIpc) is 2.66. The zero-order chi connectivity index (χ0) is 21.7. The summed E-state index contributed by atoms with van der Waals surface area (Å²) in [6, 6.07) is 2.52. The molecule has 15 heteroatoms. The molecule has 1 unspecified atom stereocenters. The second kappa shape index (κ2) is 9.22. The Balaban J connectivity index is 2.49. The minimum absolute atomic E-state index is 0.0133. The molecule has 0 radical (unpaired) electrons. The topological polar surface area (TPSA) is 177 Å². The largest absolute Gasteiger partial charge is 0.755 e. The van der Waals surface area contributed by atoms with E-state index < -0.39 is 51.1 Å². The van der Waals surface area contributed by atoms with E-state index in [1.165, 1.54) is 13.2 Å². The summed E-state index contributed by atoms with van der Waals surface area (Å²) in [7, 11) is 2.26. The third-order valence-corrected chi connectivity index (χ3v) is 4.10. The number of benzene rings is 1. The third kappa shape index (κ3) is 5.13. The van der Waals surface area contributed by atoms with E-state index in [2.05, 4.69) is 20.0 Å². The molecule has 0 fully saturated rings. The molecular weight excluding hydrogens is 434 g/mol. The van der Waals surface area contributed by atoms with Crippen molar-refractivity contribution in [3.8, 4) is 5.88 Å². The Morgan fingerprint density at radius 2 is 1.97 bits per heavy atom. The van der Waals surface area contributed by atoms with Crippen LogP contribution in [0.4, 0.5) is 22.1 Å². The molecule has 154 valence electrons. The highest BCUT2D eigenvalue weighted by molar-refractivity contribution is 7.81. The van der Waals surface area contributed by atoms with Crippen molar-refractivity contribution in [3.63, 3.8) is 0 Å². The maximum atomic E-state index is 12.5. The summed E-state index contributed by atoms with van der Waals surface area (Å²) < 4.78 is 32.9. The van der Waals surface area contributed by atoms with Crippen LogP contribution in [-0.2, 0) is 16.0 Å². The Labute approximate surface area is 170 Å². The lowest BCUT2D eigenvalue weighted by molar-refractivity contribution is -0.384. The number of hydrogen-bond acceptors (Lipinski definition) is 10. The van der Waals surface area contributed by atoms with Gasteiger partial charge in [0.2, 0.25) is 11.8 Å². The molecule has 0 spiro atoms. The molecule has 29 heavy (non-hydrogen) atoms. The Hall–Kier alpha value is -3.36. The molecule has 1 heterocycles. The Kier molecular flexibility index (Phi) is 6.98. The Morgan fingerprint density at radius 1 is 1.28 bits per heavy atom. The maximum absolute atomic E-state index is 12.5. The molecule has 13 nitrogen and oxygen atoms in total. The standard InChI is InChI=1S/C14H12ClN5O8S/c1-27-11-6-10(15)16-13(17-11)18-14(22)19(29(25)26)9-4-3-7(20(23)24)5-8(9)12(21)28-2/h3-6H,1-2H3,(H,25,26)(H,16,17,18,22)/p-1. The van der Waals surface area contributed by atoms with Gasteiger partial charge in [0, 0.05) is 18.2 Å². The molecule has 2 aromatic rings. The average molecular weight is 445 g/mol. The molecule has 2 amide bonds. The number of urea groups is 1. The molecule has 1 aromatic carbocycles. The first kappa shape index (κ1) is 21.9. The number of ether oxygens (including phenoxy) is 2. The first-order valence-electron chi connectivity index (χ1n) is 7.33. The van der Waals surface area contributed by atoms with Crippen LogP contribution in [0.5, 0.6) is 5.88 Å². The fourth-order valence-electron chi connectivity index (χ4n) is 2.05. The fraction of sp³-hybridized carbons (Fsp3) is 0.143. The number of carbonyl (C=O) groups excluding carboxylic acids is 2. The van der Waals surface area contributed by atoms with E-state index in [0.717, 1.165) is 25.3 Å². The zero-order valence-corrected chi connectivity index (χ0v) is 16.2. The molecule has 0 aliphatic rings. The van der Waals surface area contributed by atoms with Crippen LogP contribution < -0.4 is 14.4 Å². The number of nitro groups is 1. The Morgan fingerprint density at radius 3 is 2.52 bits per heavy atom. The van der Waals surface area contributed by atoms with E-state index in [1.54, 1.807) is 0 Å². The highest BCUT2D eigenvalue weighted by Crippen LogP contribution is 2.28. The van der Waals surface area contributed by atoms with Crippen LogP contribution in [0.1, 0.15) is 10.4 Å². The summed E-state index contributed by atoms with van der Waals surface area (Å²) in [4.78, 5) is 42.1. The van der Waals surface area contributed by atoms with Gasteiger partial charge in [-0.2, -0.15) is 4.98 Å². The molecule has 1 N–H and O–H groups in total. The summed E-state index contributed by atoms with van der Waals surface area (Å²) in [6.07, 6.45) is 0.